The van der Waals surface area contributed by atoms with Gasteiger partial charge in [0, 0.05) is 5.54 Å². The molecule has 0 amide bonds. The van der Waals surface area contributed by atoms with E-state index in [1.165, 1.54) is 5.56 Å². The molecular weight excluding hydrogens is 220 g/mol. The van der Waals surface area contributed by atoms with Crippen molar-refractivity contribution >= 4 is 0 Å². The zero-order valence-corrected chi connectivity index (χ0v) is 12.5. The lowest BCUT2D eigenvalue weighted by Crippen LogP contribution is -2.52. The summed E-state index contributed by atoms with van der Waals surface area (Å²) >= 11 is 0. The van der Waals surface area contributed by atoms with Crippen LogP contribution in [0.4, 0.5) is 0 Å². The van der Waals surface area contributed by atoms with Gasteiger partial charge < -0.3 is 5.32 Å². The Morgan fingerprint density at radius 3 is 2.06 bits per heavy atom. The van der Waals surface area contributed by atoms with Crippen molar-refractivity contribution in [1.29, 1.82) is 0 Å². The quantitative estimate of drug-likeness (QED) is 0.795. The number of nitrogens with one attached hydrogen (secondary N) is 1. The molecule has 0 fully saturated rings. The summed E-state index contributed by atoms with van der Waals surface area (Å²) in [6.45, 7) is 14.5. The Bertz CT molecular complexity index is 328. The van der Waals surface area contributed by atoms with E-state index in [0.717, 1.165) is 19.6 Å². The fraction of sp³-hybridized carbons (Fsp3) is 0.625. The zero-order chi connectivity index (χ0) is 13.6. The molecule has 1 aromatic carbocycles. The van der Waals surface area contributed by atoms with Crippen molar-refractivity contribution in [2.45, 2.75) is 46.2 Å². The summed E-state index contributed by atoms with van der Waals surface area (Å²) < 4.78 is 0. The standard InChI is InChI=1S/C16H28N2/c1-6-17-15(14-12-10-9-11-13-14)16(4,5)18(7-2)8-3/h9-13,15,17H,6-8H2,1-5H3. The molecule has 0 spiro atoms. The zero-order valence-electron chi connectivity index (χ0n) is 12.5. The smallest absolute Gasteiger partial charge is 0.0501 e. The van der Waals surface area contributed by atoms with Gasteiger partial charge in [-0.2, -0.15) is 0 Å². The molecule has 1 rings (SSSR count). The van der Waals surface area contributed by atoms with Crippen LogP contribution >= 0.6 is 0 Å². The lowest BCUT2D eigenvalue weighted by atomic mass is 9.86. The Hall–Kier alpha value is -0.860. The van der Waals surface area contributed by atoms with Crippen molar-refractivity contribution in [1.82, 2.24) is 10.2 Å². The third-order valence-corrected chi connectivity index (χ3v) is 3.83. The Kier molecular flexibility index (Phi) is 5.83. The van der Waals surface area contributed by atoms with E-state index in [-0.39, 0.29) is 5.54 Å². The highest BCUT2D eigenvalue weighted by Gasteiger charge is 2.34. The van der Waals surface area contributed by atoms with Crippen LogP contribution in [0.5, 0.6) is 0 Å². The summed E-state index contributed by atoms with van der Waals surface area (Å²) in [5.74, 6) is 0. The molecule has 0 aliphatic carbocycles. The average Bonchev–Trinajstić information content (AvgIpc) is 2.38. The highest BCUT2D eigenvalue weighted by molar-refractivity contribution is 5.22. The van der Waals surface area contributed by atoms with E-state index < -0.39 is 0 Å². The Morgan fingerprint density at radius 2 is 1.61 bits per heavy atom. The molecule has 18 heavy (non-hydrogen) atoms. The summed E-state index contributed by atoms with van der Waals surface area (Å²) in [4.78, 5) is 2.52. The van der Waals surface area contributed by atoms with Crippen LogP contribution in [-0.4, -0.2) is 30.1 Å². The van der Waals surface area contributed by atoms with Crippen LogP contribution in [0.1, 0.15) is 46.2 Å². The average molecular weight is 248 g/mol. The summed E-state index contributed by atoms with van der Waals surface area (Å²) in [5, 5.41) is 3.65. The molecule has 0 aliphatic heterocycles. The summed E-state index contributed by atoms with van der Waals surface area (Å²) in [7, 11) is 0. The predicted octanol–water partition coefficient (Wildman–Crippen LogP) is 3.46. The molecule has 1 unspecified atom stereocenters. The number of likely N-dealkylation sites (N-methyl/N-ethyl adjacent to an activating group) is 2. The Morgan fingerprint density at radius 1 is 1.06 bits per heavy atom. The lowest BCUT2D eigenvalue weighted by Gasteiger charge is -2.44. The number of hydrogen-bond acceptors (Lipinski definition) is 2. The monoisotopic (exact) mass is 248 g/mol. The number of benzene rings is 1. The first kappa shape index (κ1) is 15.2. The molecule has 2 nitrogen and oxygen atoms in total. The van der Waals surface area contributed by atoms with E-state index in [1.54, 1.807) is 0 Å². The highest BCUT2D eigenvalue weighted by Crippen LogP contribution is 2.30. The minimum atomic E-state index is 0.112. The van der Waals surface area contributed by atoms with E-state index >= 15 is 0 Å². The van der Waals surface area contributed by atoms with Crippen LogP contribution in [-0.2, 0) is 0 Å². The Balaban J connectivity index is 3.04. The minimum Gasteiger partial charge on any atom is -0.309 e. The molecule has 0 heterocycles. The third-order valence-electron chi connectivity index (χ3n) is 3.83. The van der Waals surface area contributed by atoms with E-state index in [9.17, 15) is 0 Å². The molecule has 1 aromatic rings. The van der Waals surface area contributed by atoms with Crippen molar-refractivity contribution in [2.75, 3.05) is 19.6 Å². The number of hydrogen-bond donors (Lipinski definition) is 1. The summed E-state index contributed by atoms with van der Waals surface area (Å²) in [5.41, 5.74) is 1.48. The van der Waals surface area contributed by atoms with Gasteiger partial charge in [0.1, 0.15) is 0 Å². The van der Waals surface area contributed by atoms with Gasteiger partial charge in [0.2, 0.25) is 0 Å². The molecule has 1 N–H and O–H groups in total. The third kappa shape index (κ3) is 3.33. The Labute approximate surface area is 112 Å². The fourth-order valence-corrected chi connectivity index (χ4v) is 2.85. The second kappa shape index (κ2) is 6.91. The van der Waals surface area contributed by atoms with E-state index in [2.05, 4.69) is 75.2 Å². The highest BCUT2D eigenvalue weighted by atomic mass is 15.2. The van der Waals surface area contributed by atoms with Gasteiger partial charge in [-0.05, 0) is 39.0 Å². The van der Waals surface area contributed by atoms with Crippen molar-refractivity contribution in [3.05, 3.63) is 35.9 Å². The van der Waals surface area contributed by atoms with Crippen molar-refractivity contribution in [3.63, 3.8) is 0 Å². The second-order valence-corrected chi connectivity index (χ2v) is 5.23. The van der Waals surface area contributed by atoms with Crippen LogP contribution < -0.4 is 5.32 Å². The maximum absolute atomic E-state index is 3.65. The number of nitrogens with zero attached hydrogens (tertiary/aromatic N) is 1. The van der Waals surface area contributed by atoms with Gasteiger partial charge in [0.15, 0.2) is 0 Å². The van der Waals surface area contributed by atoms with Gasteiger partial charge in [0.25, 0.3) is 0 Å². The van der Waals surface area contributed by atoms with E-state index in [1.807, 2.05) is 0 Å². The molecule has 0 aromatic heterocycles. The molecule has 0 aliphatic rings. The first-order valence-electron chi connectivity index (χ1n) is 7.11. The SMILES string of the molecule is CCNC(c1ccccc1)C(C)(C)N(CC)CC. The molecule has 0 saturated carbocycles. The molecule has 1 atom stereocenters. The van der Waals surface area contributed by atoms with E-state index in [0.29, 0.717) is 6.04 Å². The maximum Gasteiger partial charge on any atom is 0.0501 e. The van der Waals surface area contributed by atoms with Crippen LogP contribution in [0.25, 0.3) is 0 Å². The van der Waals surface area contributed by atoms with Crippen LogP contribution in [0.15, 0.2) is 30.3 Å². The molecule has 0 bridgehead atoms. The molecule has 2 heteroatoms. The normalized spacial score (nSPS) is 13.9. The van der Waals surface area contributed by atoms with Gasteiger partial charge in [-0.15, -0.1) is 0 Å². The second-order valence-electron chi connectivity index (χ2n) is 5.23. The summed E-state index contributed by atoms with van der Waals surface area (Å²) in [6.07, 6.45) is 0. The largest absolute Gasteiger partial charge is 0.309 e. The molecule has 0 saturated heterocycles. The van der Waals surface area contributed by atoms with Crippen LogP contribution in [0.2, 0.25) is 0 Å². The number of rotatable bonds is 7. The van der Waals surface area contributed by atoms with Crippen LogP contribution in [0.3, 0.4) is 0 Å². The van der Waals surface area contributed by atoms with Gasteiger partial charge in [-0.1, -0.05) is 51.1 Å². The maximum atomic E-state index is 3.65. The van der Waals surface area contributed by atoms with E-state index in [4.69, 9.17) is 0 Å². The first-order valence-corrected chi connectivity index (χ1v) is 7.11. The minimum absolute atomic E-state index is 0.112. The summed E-state index contributed by atoms with van der Waals surface area (Å²) in [6, 6.07) is 11.1. The first-order chi connectivity index (χ1) is 8.57. The van der Waals surface area contributed by atoms with Gasteiger partial charge in [-0.3, -0.25) is 4.90 Å². The molecular formula is C16H28N2. The topological polar surface area (TPSA) is 15.3 Å². The predicted molar refractivity (Wildman–Crippen MR) is 79.9 cm³/mol. The van der Waals surface area contributed by atoms with Crippen molar-refractivity contribution in [2.24, 2.45) is 0 Å². The lowest BCUT2D eigenvalue weighted by molar-refractivity contribution is 0.0919. The van der Waals surface area contributed by atoms with Gasteiger partial charge >= 0.3 is 0 Å². The van der Waals surface area contributed by atoms with Crippen LogP contribution in [0, 0.1) is 0 Å². The van der Waals surface area contributed by atoms with Crippen molar-refractivity contribution in [3.8, 4) is 0 Å². The molecule has 102 valence electrons. The fourth-order valence-electron chi connectivity index (χ4n) is 2.85. The molecule has 0 radical (unpaired) electrons. The van der Waals surface area contributed by atoms with Gasteiger partial charge in [0.05, 0.1) is 6.04 Å². The van der Waals surface area contributed by atoms with Gasteiger partial charge in [-0.25, -0.2) is 0 Å². The van der Waals surface area contributed by atoms with Crippen molar-refractivity contribution < 1.29 is 0 Å².